The summed E-state index contributed by atoms with van der Waals surface area (Å²) in [4.78, 5) is 10.3. The quantitative estimate of drug-likeness (QED) is 0.643. The molecule has 106 valence electrons. The fourth-order valence-corrected chi connectivity index (χ4v) is 3.14. The summed E-state index contributed by atoms with van der Waals surface area (Å²) in [5.41, 5.74) is 0. The predicted molar refractivity (Wildman–Crippen MR) is 81.9 cm³/mol. The van der Waals surface area contributed by atoms with Crippen molar-refractivity contribution < 1.29 is 0 Å². The summed E-state index contributed by atoms with van der Waals surface area (Å²) in [6.07, 6.45) is 8.10. The van der Waals surface area contributed by atoms with Gasteiger partial charge in [0.2, 0.25) is 0 Å². The molecule has 2 rings (SSSR count). The SMILES string of the molecule is CCNC(=NCCc1ncc(C)s1)NC1CCCC1. The second-order valence-corrected chi connectivity index (χ2v) is 6.32. The number of guanidine groups is 1. The lowest BCUT2D eigenvalue weighted by molar-refractivity contribution is 0.614. The van der Waals surface area contributed by atoms with E-state index in [0.29, 0.717) is 6.04 Å². The first-order chi connectivity index (χ1) is 9.28. The lowest BCUT2D eigenvalue weighted by Gasteiger charge is -2.16. The molecule has 4 nitrogen and oxygen atoms in total. The molecule has 0 bridgehead atoms. The second-order valence-electron chi connectivity index (χ2n) is 5.00. The molecule has 0 saturated heterocycles. The predicted octanol–water partition coefficient (Wildman–Crippen LogP) is 2.49. The molecule has 1 heterocycles. The Hall–Kier alpha value is -1.10. The van der Waals surface area contributed by atoms with Gasteiger partial charge in [-0.15, -0.1) is 11.3 Å². The number of aryl methyl sites for hydroxylation is 1. The van der Waals surface area contributed by atoms with Crippen LogP contribution in [-0.4, -0.2) is 30.1 Å². The van der Waals surface area contributed by atoms with Gasteiger partial charge in [-0.3, -0.25) is 4.99 Å². The van der Waals surface area contributed by atoms with Crippen molar-refractivity contribution in [3.63, 3.8) is 0 Å². The van der Waals surface area contributed by atoms with Crippen molar-refractivity contribution in [1.29, 1.82) is 0 Å². The monoisotopic (exact) mass is 280 g/mol. The molecule has 1 aliphatic carbocycles. The van der Waals surface area contributed by atoms with E-state index in [-0.39, 0.29) is 0 Å². The Kier molecular flexibility index (Phi) is 5.63. The van der Waals surface area contributed by atoms with E-state index in [1.807, 2.05) is 6.20 Å². The van der Waals surface area contributed by atoms with Crippen LogP contribution in [0.1, 0.15) is 42.5 Å². The van der Waals surface area contributed by atoms with E-state index in [2.05, 4.69) is 34.5 Å². The molecule has 0 spiro atoms. The molecule has 19 heavy (non-hydrogen) atoms. The van der Waals surface area contributed by atoms with E-state index in [1.165, 1.54) is 35.6 Å². The third-order valence-electron chi connectivity index (χ3n) is 3.30. The maximum absolute atomic E-state index is 4.64. The van der Waals surface area contributed by atoms with Gasteiger partial charge in [0.05, 0.1) is 5.01 Å². The van der Waals surface area contributed by atoms with E-state index < -0.39 is 0 Å². The molecule has 1 aromatic heterocycles. The minimum absolute atomic E-state index is 0.611. The van der Waals surface area contributed by atoms with Crippen molar-refractivity contribution in [1.82, 2.24) is 15.6 Å². The van der Waals surface area contributed by atoms with Gasteiger partial charge in [-0.25, -0.2) is 4.98 Å². The van der Waals surface area contributed by atoms with Crippen LogP contribution in [0.3, 0.4) is 0 Å². The van der Waals surface area contributed by atoms with Crippen LogP contribution in [0.5, 0.6) is 0 Å². The molecule has 0 unspecified atom stereocenters. The van der Waals surface area contributed by atoms with Gasteiger partial charge in [0, 0.05) is 36.6 Å². The van der Waals surface area contributed by atoms with E-state index in [1.54, 1.807) is 11.3 Å². The Bertz CT molecular complexity index is 407. The smallest absolute Gasteiger partial charge is 0.191 e. The topological polar surface area (TPSA) is 49.3 Å². The Morgan fingerprint density at radius 2 is 2.26 bits per heavy atom. The first kappa shape index (κ1) is 14.3. The molecule has 0 aliphatic heterocycles. The number of hydrogen-bond acceptors (Lipinski definition) is 3. The summed E-state index contributed by atoms with van der Waals surface area (Å²) in [5, 5.41) is 8.03. The van der Waals surface area contributed by atoms with E-state index >= 15 is 0 Å². The van der Waals surface area contributed by atoms with Gasteiger partial charge in [-0.1, -0.05) is 12.8 Å². The van der Waals surface area contributed by atoms with Gasteiger partial charge in [-0.2, -0.15) is 0 Å². The number of aromatic nitrogens is 1. The van der Waals surface area contributed by atoms with Crippen LogP contribution in [0.25, 0.3) is 0 Å². The van der Waals surface area contributed by atoms with Crippen molar-refractivity contribution in [3.8, 4) is 0 Å². The van der Waals surface area contributed by atoms with Gasteiger partial charge in [0.25, 0.3) is 0 Å². The van der Waals surface area contributed by atoms with E-state index in [4.69, 9.17) is 0 Å². The van der Waals surface area contributed by atoms with Gasteiger partial charge in [0.15, 0.2) is 5.96 Å². The average molecular weight is 280 g/mol. The normalized spacial score (nSPS) is 16.8. The van der Waals surface area contributed by atoms with Crippen LogP contribution in [-0.2, 0) is 6.42 Å². The lowest BCUT2D eigenvalue weighted by Crippen LogP contribution is -2.42. The fraction of sp³-hybridized carbons (Fsp3) is 0.714. The van der Waals surface area contributed by atoms with Crippen LogP contribution in [0.2, 0.25) is 0 Å². The first-order valence-corrected chi connectivity index (χ1v) is 8.05. The molecule has 2 N–H and O–H groups in total. The number of hydrogen-bond donors (Lipinski definition) is 2. The van der Waals surface area contributed by atoms with E-state index in [9.17, 15) is 0 Å². The molecule has 5 heteroatoms. The van der Waals surface area contributed by atoms with Gasteiger partial charge in [-0.05, 0) is 26.7 Å². The minimum atomic E-state index is 0.611. The molecular formula is C14H24N4S. The first-order valence-electron chi connectivity index (χ1n) is 7.24. The van der Waals surface area contributed by atoms with Gasteiger partial charge < -0.3 is 10.6 Å². The van der Waals surface area contributed by atoms with Crippen LogP contribution < -0.4 is 10.6 Å². The fourth-order valence-electron chi connectivity index (χ4n) is 2.36. The summed E-state index contributed by atoms with van der Waals surface area (Å²) in [7, 11) is 0. The molecular weight excluding hydrogens is 256 g/mol. The highest BCUT2D eigenvalue weighted by molar-refractivity contribution is 7.11. The Balaban J connectivity index is 1.81. The zero-order valence-electron chi connectivity index (χ0n) is 11.9. The number of thiazole rings is 1. The number of aliphatic imine (C=N–C) groups is 1. The third-order valence-corrected chi connectivity index (χ3v) is 4.28. The summed E-state index contributed by atoms with van der Waals surface area (Å²) in [5.74, 6) is 0.961. The molecule has 1 saturated carbocycles. The van der Waals surface area contributed by atoms with Gasteiger partial charge in [0.1, 0.15) is 0 Å². The highest BCUT2D eigenvalue weighted by Crippen LogP contribution is 2.17. The Labute approximate surface area is 119 Å². The third kappa shape index (κ3) is 4.82. The minimum Gasteiger partial charge on any atom is -0.357 e. The highest BCUT2D eigenvalue weighted by Gasteiger charge is 2.15. The Morgan fingerprint density at radius 3 is 2.89 bits per heavy atom. The van der Waals surface area contributed by atoms with Gasteiger partial charge >= 0.3 is 0 Å². The van der Waals surface area contributed by atoms with Crippen molar-refractivity contribution in [2.24, 2.45) is 4.99 Å². The number of nitrogens with zero attached hydrogens (tertiary/aromatic N) is 2. The largest absolute Gasteiger partial charge is 0.357 e. The molecule has 1 fully saturated rings. The Morgan fingerprint density at radius 1 is 1.47 bits per heavy atom. The van der Waals surface area contributed by atoms with Crippen LogP contribution in [0.4, 0.5) is 0 Å². The average Bonchev–Trinajstić information content (AvgIpc) is 3.01. The van der Waals surface area contributed by atoms with Crippen LogP contribution in [0.15, 0.2) is 11.2 Å². The second kappa shape index (κ2) is 7.48. The maximum atomic E-state index is 4.64. The maximum Gasteiger partial charge on any atom is 0.191 e. The number of rotatable bonds is 5. The summed E-state index contributed by atoms with van der Waals surface area (Å²) >= 11 is 1.76. The zero-order valence-corrected chi connectivity index (χ0v) is 12.7. The van der Waals surface area contributed by atoms with Crippen LogP contribution in [0, 0.1) is 6.92 Å². The van der Waals surface area contributed by atoms with Crippen molar-refractivity contribution in [2.75, 3.05) is 13.1 Å². The molecule has 1 aromatic rings. The molecule has 0 amide bonds. The summed E-state index contributed by atoms with van der Waals surface area (Å²) < 4.78 is 0. The lowest BCUT2D eigenvalue weighted by atomic mass is 10.2. The molecule has 0 atom stereocenters. The molecule has 1 aliphatic rings. The summed E-state index contributed by atoms with van der Waals surface area (Å²) in [6.45, 7) is 5.91. The van der Waals surface area contributed by atoms with E-state index in [0.717, 1.165) is 25.5 Å². The standard InChI is InChI=1S/C14H24N4S/c1-3-15-14(18-12-6-4-5-7-12)16-9-8-13-17-10-11(2)19-13/h10,12H,3-9H2,1-2H3,(H2,15,16,18). The highest BCUT2D eigenvalue weighted by atomic mass is 32.1. The summed E-state index contributed by atoms with van der Waals surface area (Å²) in [6, 6.07) is 0.611. The molecule has 0 radical (unpaired) electrons. The number of nitrogens with one attached hydrogen (secondary N) is 2. The molecule has 0 aromatic carbocycles. The van der Waals surface area contributed by atoms with Crippen molar-refractivity contribution >= 4 is 17.3 Å². The van der Waals surface area contributed by atoms with Crippen molar-refractivity contribution in [2.45, 2.75) is 52.0 Å². The zero-order chi connectivity index (χ0) is 13.5. The van der Waals surface area contributed by atoms with Crippen LogP contribution >= 0.6 is 11.3 Å². The van der Waals surface area contributed by atoms with Crippen molar-refractivity contribution in [3.05, 3.63) is 16.1 Å².